The number of amides is 1. The van der Waals surface area contributed by atoms with Crippen LogP contribution in [-0.4, -0.2) is 82.6 Å². The lowest BCUT2D eigenvalue weighted by atomic mass is 9.61. The van der Waals surface area contributed by atoms with Gasteiger partial charge in [-0.2, -0.15) is 0 Å². The number of nitrogens with zero attached hydrogens (tertiary/aromatic N) is 4. The Morgan fingerprint density at radius 3 is 2.35 bits per heavy atom. The Morgan fingerprint density at radius 1 is 0.842 bits per heavy atom. The topological polar surface area (TPSA) is 176 Å². The summed E-state index contributed by atoms with van der Waals surface area (Å²) in [5.74, 6) is 1.96. The normalized spacial score (nSPS) is 14.9. The SMILES string of the molecule is C.COCCOCCOCCOc1ccc2c(c1)C(C)=[N+]1c3ccc(C(=O)NCCN=[N+]=[N-])cc3O[B-]1(c1ccc(COc3ccc4ccc(=O)oc4c3)cc1)O2. The molecule has 57 heavy (non-hydrogen) atoms. The van der Waals surface area contributed by atoms with Crippen LogP contribution in [0.25, 0.3) is 21.4 Å². The fraction of sp³-hybridized carbons (Fsp3) is 0.293. The first kappa shape index (κ1) is 40.4. The number of fused-ring (bicyclic) bond motifs is 5. The van der Waals surface area contributed by atoms with Crippen LogP contribution in [0.5, 0.6) is 23.0 Å². The molecule has 0 bridgehead atoms. The van der Waals surface area contributed by atoms with Gasteiger partial charge in [-0.25, -0.2) is 4.79 Å². The Labute approximate surface area is 329 Å². The lowest BCUT2D eigenvalue weighted by molar-refractivity contribution is -0.318. The second-order valence-corrected chi connectivity index (χ2v) is 13.0. The molecule has 2 aliphatic rings. The first-order valence-corrected chi connectivity index (χ1v) is 18.1. The molecule has 5 aromatic rings. The van der Waals surface area contributed by atoms with Gasteiger partial charge >= 0.3 is 12.3 Å². The van der Waals surface area contributed by atoms with Gasteiger partial charge in [0.15, 0.2) is 5.69 Å². The summed E-state index contributed by atoms with van der Waals surface area (Å²) in [6.45, 7) is 2.94. The highest BCUT2D eigenvalue weighted by Gasteiger charge is 2.58. The van der Waals surface area contributed by atoms with Crippen molar-refractivity contribution in [1.82, 2.24) is 5.32 Å². The molecule has 0 aliphatic carbocycles. The van der Waals surface area contributed by atoms with E-state index in [9.17, 15) is 9.59 Å². The van der Waals surface area contributed by atoms with Crippen molar-refractivity contribution >= 4 is 40.4 Å². The number of carbonyl (C=O) groups is 1. The molecule has 16 heteroatoms. The average Bonchev–Trinajstić information content (AvgIpc) is 3.56. The fourth-order valence-electron chi connectivity index (χ4n) is 6.64. The van der Waals surface area contributed by atoms with Crippen molar-refractivity contribution in [3.63, 3.8) is 0 Å². The molecule has 2 aliphatic heterocycles. The Hall–Kier alpha value is -6.32. The van der Waals surface area contributed by atoms with Gasteiger partial charge in [0.25, 0.3) is 5.91 Å². The van der Waals surface area contributed by atoms with Crippen LogP contribution >= 0.6 is 0 Å². The van der Waals surface area contributed by atoms with Gasteiger partial charge in [0, 0.05) is 61.2 Å². The largest absolute Gasteiger partial charge is 0.685 e. The van der Waals surface area contributed by atoms with E-state index in [2.05, 4.69) is 15.3 Å². The summed E-state index contributed by atoms with van der Waals surface area (Å²) in [5, 5.41) is 7.05. The molecule has 0 fully saturated rings. The minimum Gasteiger partial charge on any atom is -0.618 e. The molecule has 15 nitrogen and oxygen atoms in total. The van der Waals surface area contributed by atoms with E-state index in [4.69, 9.17) is 42.9 Å². The number of hydrogen-bond acceptors (Lipinski definition) is 11. The smallest absolute Gasteiger partial charge is 0.618 e. The van der Waals surface area contributed by atoms with Gasteiger partial charge in [0.05, 0.1) is 44.3 Å². The number of rotatable bonds is 18. The summed E-state index contributed by atoms with van der Waals surface area (Å²) >= 11 is 0. The molecule has 1 aromatic heterocycles. The van der Waals surface area contributed by atoms with Crippen LogP contribution in [0.15, 0.2) is 105 Å². The molecule has 0 saturated carbocycles. The predicted octanol–water partition coefficient (Wildman–Crippen LogP) is 5.89. The highest BCUT2D eigenvalue weighted by atomic mass is 16.6. The summed E-state index contributed by atoms with van der Waals surface area (Å²) < 4.78 is 49.2. The fourth-order valence-corrected chi connectivity index (χ4v) is 6.64. The highest BCUT2D eigenvalue weighted by molar-refractivity contribution is 6.77. The molecule has 7 rings (SSSR count). The van der Waals surface area contributed by atoms with Crippen molar-refractivity contribution in [2.45, 2.75) is 21.0 Å². The number of benzene rings is 4. The van der Waals surface area contributed by atoms with E-state index in [1.54, 1.807) is 31.4 Å². The van der Waals surface area contributed by atoms with Crippen molar-refractivity contribution in [2.24, 2.45) is 5.11 Å². The van der Waals surface area contributed by atoms with Crippen molar-refractivity contribution in [1.29, 1.82) is 0 Å². The summed E-state index contributed by atoms with van der Waals surface area (Å²) in [6.07, 6.45) is 0. The van der Waals surface area contributed by atoms with Crippen LogP contribution in [0.1, 0.15) is 35.8 Å². The van der Waals surface area contributed by atoms with Crippen LogP contribution in [-0.2, 0) is 20.8 Å². The van der Waals surface area contributed by atoms with E-state index in [0.717, 1.165) is 33.4 Å². The molecule has 1 unspecified atom stereocenters. The average molecular weight is 778 g/mol. The second-order valence-electron chi connectivity index (χ2n) is 13.0. The minimum absolute atomic E-state index is 0. The number of methoxy groups -OCH3 is 1. The third kappa shape index (κ3) is 9.06. The monoisotopic (exact) mass is 777 g/mol. The van der Waals surface area contributed by atoms with Gasteiger partial charge < -0.3 is 47.2 Å². The van der Waals surface area contributed by atoms with Crippen LogP contribution < -0.4 is 35.2 Å². The molecule has 0 saturated heterocycles. The van der Waals surface area contributed by atoms with Crippen molar-refractivity contribution in [2.75, 3.05) is 59.8 Å². The van der Waals surface area contributed by atoms with Gasteiger partial charge in [0.2, 0.25) is 0 Å². The maximum Gasteiger partial charge on any atom is 0.685 e. The van der Waals surface area contributed by atoms with E-state index < -0.39 is 12.3 Å². The molecule has 0 radical (unpaired) electrons. The Balaban J connectivity index is 0.00000549. The van der Waals surface area contributed by atoms with E-state index in [1.807, 2.05) is 72.1 Å². The number of carbonyl (C=O) groups excluding carboxylic acids is 1. The first-order valence-electron chi connectivity index (χ1n) is 18.1. The van der Waals surface area contributed by atoms with Crippen LogP contribution in [0.2, 0.25) is 0 Å². The molecule has 1 amide bonds. The van der Waals surface area contributed by atoms with Gasteiger partial charge in [-0.15, -0.1) is 0 Å². The van der Waals surface area contributed by atoms with Gasteiger partial charge in [-0.3, -0.25) is 4.79 Å². The minimum atomic E-state index is -2.38. The van der Waals surface area contributed by atoms with Crippen molar-refractivity contribution < 1.29 is 46.7 Å². The number of ether oxygens (including phenoxy) is 5. The Kier molecular flexibility index (Phi) is 13.1. The first-order chi connectivity index (χ1) is 27.4. The van der Waals surface area contributed by atoms with Gasteiger partial charge in [-0.1, -0.05) is 36.8 Å². The van der Waals surface area contributed by atoms with Crippen LogP contribution in [0, 0.1) is 0 Å². The molecule has 3 heterocycles. The molecule has 1 N–H and O–H groups in total. The van der Waals surface area contributed by atoms with E-state index in [-0.39, 0.29) is 33.0 Å². The quantitative estimate of drug-likeness (QED) is 0.0282. The molecular weight excluding hydrogens is 733 g/mol. The zero-order chi connectivity index (χ0) is 38.9. The van der Waals surface area contributed by atoms with Gasteiger partial charge in [-0.05, 0) is 65.1 Å². The third-order valence-corrected chi connectivity index (χ3v) is 9.36. The Bertz CT molecular complexity index is 2360. The van der Waals surface area contributed by atoms with Crippen molar-refractivity contribution in [3.05, 3.63) is 129 Å². The highest BCUT2D eigenvalue weighted by Crippen LogP contribution is 2.44. The molecule has 0 spiro atoms. The zero-order valence-corrected chi connectivity index (χ0v) is 31.0. The second kappa shape index (κ2) is 18.5. The maximum atomic E-state index is 13.0. The summed E-state index contributed by atoms with van der Waals surface area (Å²) in [4.78, 5) is 27.5. The number of nitrogens with one attached hydrogen (secondary N) is 1. The standard InChI is InChI=1S/C40H40BN5O10.CH4/c1-27-34-24-32(52-22-21-51-20-19-50-18-17-49-2)11-13-36(34)55-41(46(27)35-12-6-30(23-38(35)56-41)40(48)43-15-16-44-45-42)31-8-3-28(4-9-31)26-53-33-10-5-29-7-14-39(47)54-37(29)25-33;/h3-14,23-25H,15-22,26H2,1-2H3,(H,43,48);1H4. The van der Waals surface area contributed by atoms with E-state index in [1.165, 1.54) is 6.07 Å². The summed E-state index contributed by atoms with van der Waals surface area (Å²) in [6, 6.07) is 27.1. The lowest BCUT2D eigenvalue weighted by Crippen LogP contribution is -2.66. The maximum absolute atomic E-state index is 13.0. The molecule has 4 aromatic carbocycles. The van der Waals surface area contributed by atoms with Gasteiger partial charge in [0.1, 0.15) is 41.8 Å². The molecular formula is C41H44BN5O10. The predicted molar refractivity (Wildman–Crippen MR) is 215 cm³/mol. The van der Waals surface area contributed by atoms with E-state index >= 15 is 0 Å². The van der Waals surface area contributed by atoms with Crippen LogP contribution in [0.3, 0.4) is 0 Å². The lowest BCUT2D eigenvalue weighted by Gasteiger charge is -2.37. The Morgan fingerprint density at radius 2 is 1.56 bits per heavy atom. The van der Waals surface area contributed by atoms with Crippen molar-refractivity contribution in [3.8, 4) is 23.0 Å². The van der Waals surface area contributed by atoms with E-state index in [0.29, 0.717) is 73.8 Å². The summed E-state index contributed by atoms with van der Waals surface area (Å²) in [7, 11) is 1.63. The number of hydrogen-bond donors (Lipinski definition) is 1. The summed E-state index contributed by atoms with van der Waals surface area (Å²) in [5.41, 5.74) is 13.0. The molecule has 296 valence electrons. The van der Waals surface area contributed by atoms with Crippen LogP contribution in [0.4, 0.5) is 5.69 Å². The third-order valence-electron chi connectivity index (χ3n) is 9.36. The molecule has 1 atom stereocenters. The number of azide groups is 1. The zero-order valence-electron chi connectivity index (χ0n) is 31.0.